The van der Waals surface area contributed by atoms with Gasteiger partial charge in [-0.15, -0.1) is 0 Å². The summed E-state index contributed by atoms with van der Waals surface area (Å²) in [5, 5.41) is 2.80. The summed E-state index contributed by atoms with van der Waals surface area (Å²) in [6, 6.07) is 1.82. The quantitative estimate of drug-likeness (QED) is 0.843. The van der Waals surface area contributed by atoms with Gasteiger partial charge in [-0.25, -0.2) is 0 Å². The van der Waals surface area contributed by atoms with Crippen molar-refractivity contribution in [1.82, 2.24) is 9.97 Å². The van der Waals surface area contributed by atoms with Crippen LogP contribution in [0.5, 0.6) is 0 Å². The molecule has 0 aliphatic carbocycles. The number of pyridine rings is 1. The van der Waals surface area contributed by atoms with Gasteiger partial charge in [0.2, 0.25) is 0 Å². The molecule has 2 aromatic rings. The number of amides is 1. The maximum absolute atomic E-state index is 12.3. The highest BCUT2D eigenvalue weighted by Crippen LogP contribution is 2.20. The Balaban J connectivity index is 2.34. The zero-order chi connectivity index (χ0) is 14.9. The first kappa shape index (κ1) is 14.0. The van der Waals surface area contributed by atoms with Gasteiger partial charge in [0.05, 0.1) is 11.9 Å². The van der Waals surface area contributed by atoms with Gasteiger partial charge in [0.15, 0.2) is 5.78 Å². The smallest absolute Gasteiger partial charge is 0.272 e. The van der Waals surface area contributed by atoms with Gasteiger partial charge in [0.25, 0.3) is 5.91 Å². The SMILES string of the molecule is CC(=O)c1c(C)[nH]c(C(=O)Nc2cnccc2C)c1C. The average Bonchev–Trinajstić information content (AvgIpc) is 2.67. The highest BCUT2D eigenvalue weighted by Gasteiger charge is 2.20. The maximum atomic E-state index is 12.3. The minimum absolute atomic E-state index is 0.0483. The second kappa shape index (κ2) is 5.28. The van der Waals surface area contributed by atoms with Crippen molar-refractivity contribution in [2.75, 3.05) is 5.32 Å². The third-order valence-corrected chi connectivity index (χ3v) is 3.30. The predicted octanol–water partition coefficient (Wildman–Crippen LogP) is 2.79. The van der Waals surface area contributed by atoms with Crippen LogP contribution in [0.2, 0.25) is 0 Å². The van der Waals surface area contributed by atoms with Crippen molar-refractivity contribution in [2.24, 2.45) is 0 Å². The van der Waals surface area contributed by atoms with Gasteiger partial charge in [-0.1, -0.05) is 0 Å². The number of anilines is 1. The lowest BCUT2D eigenvalue weighted by molar-refractivity contribution is 0.101. The van der Waals surface area contributed by atoms with Crippen LogP contribution < -0.4 is 5.32 Å². The van der Waals surface area contributed by atoms with Crippen LogP contribution in [0.1, 0.15) is 44.6 Å². The summed E-state index contributed by atoms with van der Waals surface area (Å²) >= 11 is 0. The van der Waals surface area contributed by atoms with E-state index in [0.29, 0.717) is 28.2 Å². The lowest BCUT2D eigenvalue weighted by Gasteiger charge is -2.07. The summed E-state index contributed by atoms with van der Waals surface area (Å²) < 4.78 is 0. The zero-order valence-corrected chi connectivity index (χ0v) is 12.0. The number of carbonyl (C=O) groups excluding carboxylic acids is 2. The number of aromatic amines is 1. The number of aromatic nitrogens is 2. The molecule has 0 unspecified atom stereocenters. The van der Waals surface area contributed by atoms with E-state index in [0.717, 1.165) is 5.56 Å². The summed E-state index contributed by atoms with van der Waals surface area (Å²) in [5.41, 5.74) is 3.97. The number of carbonyl (C=O) groups is 2. The third-order valence-electron chi connectivity index (χ3n) is 3.30. The van der Waals surface area contributed by atoms with Crippen molar-refractivity contribution in [1.29, 1.82) is 0 Å². The number of hydrogen-bond donors (Lipinski definition) is 2. The van der Waals surface area contributed by atoms with Crippen LogP contribution >= 0.6 is 0 Å². The number of nitrogens with one attached hydrogen (secondary N) is 2. The molecule has 0 saturated carbocycles. The highest BCUT2D eigenvalue weighted by molar-refractivity contribution is 6.07. The van der Waals surface area contributed by atoms with E-state index in [2.05, 4.69) is 15.3 Å². The topological polar surface area (TPSA) is 74.8 Å². The van der Waals surface area contributed by atoms with Gasteiger partial charge in [0.1, 0.15) is 5.69 Å². The molecular weight excluding hydrogens is 254 g/mol. The standard InChI is InChI=1S/C15H17N3O2/c1-8-5-6-16-7-12(8)18-15(20)14-9(2)13(11(4)19)10(3)17-14/h5-7,17H,1-4H3,(H,18,20). The molecule has 0 aliphatic heterocycles. The van der Waals surface area contributed by atoms with Gasteiger partial charge in [-0.2, -0.15) is 0 Å². The van der Waals surface area contributed by atoms with Gasteiger partial charge in [0, 0.05) is 17.5 Å². The number of nitrogens with zero attached hydrogens (tertiary/aromatic N) is 1. The molecule has 104 valence electrons. The molecule has 1 amide bonds. The summed E-state index contributed by atoms with van der Waals surface area (Å²) in [4.78, 5) is 30.8. The molecule has 0 bridgehead atoms. The zero-order valence-electron chi connectivity index (χ0n) is 12.0. The normalized spacial score (nSPS) is 10.4. The molecule has 0 aromatic carbocycles. The molecule has 0 spiro atoms. The number of Topliss-reactive ketones (excluding diaryl/α,β-unsaturated/α-hetero) is 1. The Kier molecular flexibility index (Phi) is 3.70. The molecule has 0 aliphatic rings. The fourth-order valence-corrected chi connectivity index (χ4v) is 2.28. The van der Waals surface area contributed by atoms with Crippen LogP contribution in [-0.2, 0) is 0 Å². The monoisotopic (exact) mass is 271 g/mol. The molecule has 0 fully saturated rings. The number of rotatable bonds is 3. The minimum atomic E-state index is -0.269. The van der Waals surface area contributed by atoms with E-state index in [1.807, 2.05) is 13.0 Å². The van der Waals surface area contributed by atoms with E-state index in [1.165, 1.54) is 6.92 Å². The first-order chi connectivity index (χ1) is 9.41. The van der Waals surface area contributed by atoms with Crippen LogP contribution in [0.15, 0.2) is 18.5 Å². The van der Waals surface area contributed by atoms with Crippen LogP contribution in [-0.4, -0.2) is 21.7 Å². The van der Waals surface area contributed by atoms with E-state index in [4.69, 9.17) is 0 Å². The fraction of sp³-hybridized carbons (Fsp3) is 0.267. The van der Waals surface area contributed by atoms with E-state index < -0.39 is 0 Å². The summed E-state index contributed by atoms with van der Waals surface area (Å²) in [6.45, 7) is 6.95. The van der Waals surface area contributed by atoms with E-state index >= 15 is 0 Å². The van der Waals surface area contributed by atoms with Crippen molar-refractivity contribution in [2.45, 2.75) is 27.7 Å². The molecule has 20 heavy (non-hydrogen) atoms. The van der Waals surface area contributed by atoms with Crippen molar-refractivity contribution in [3.8, 4) is 0 Å². The van der Waals surface area contributed by atoms with Gasteiger partial charge < -0.3 is 10.3 Å². The van der Waals surface area contributed by atoms with Crippen LogP contribution in [0, 0.1) is 20.8 Å². The van der Waals surface area contributed by atoms with Gasteiger partial charge in [-0.3, -0.25) is 14.6 Å². The van der Waals surface area contributed by atoms with Crippen LogP contribution in [0.4, 0.5) is 5.69 Å². The van der Waals surface area contributed by atoms with Crippen LogP contribution in [0.25, 0.3) is 0 Å². The summed E-state index contributed by atoms with van der Waals surface area (Å²) in [5.74, 6) is -0.318. The molecule has 2 heterocycles. The lowest BCUT2D eigenvalue weighted by atomic mass is 10.1. The first-order valence-corrected chi connectivity index (χ1v) is 6.34. The van der Waals surface area contributed by atoms with Crippen molar-refractivity contribution in [3.05, 3.63) is 46.5 Å². The maximum Gasteiger partial charge on any atom is 0.272 e. The average molecular weight is 271 g/mol. The second-order valence-electron chi connectivity index (χ2n) is 4.83. The molecule has 0 atom stereocenters. The lowest BCUT2D eigenvalue weighted by Crippen LogP contribution is -2.14. The van der Waals surface area contributed by atoms with Crippen molar-refractivity contribution < 1.29 is 9.59 Å². The molecule has 2 N–H and O–H groups in total. The third kappa shape index (κ3) is 2.47. The molecule has 0 radical (unpaired) electrons. The number of H-pyrrole nitrogens is 1. The number of aryl methyl sites for hydroxylation is 2. The van der Waals surface area contributed by atoms with Crippen molar-refractivity contribution in [3.63, 3.8) is 0 Å². The van der Waals surface area contributed by atoms with Crippen molar-refractivity contribution >= 4 is 17.4 Å². The number of ketones is 1. The fourth-order valence-electron chi connectivity index (χ4n) is 2.28. The number of hydrogen-bond acceptors (Lipinski definition) is 3. The summed E-state index contributed by atoms with van der Waals surface area (Å²) in [6.07, 6.45) is 3.27. The van der Waals surface area contributed by atoms with Gasteiger partial charge >= 0.3 is 0 Å². The van der Waals surface area contributed by atoms with E-state index in [-0.39, 0.29) is 11.7 Å². The Morgan fingerprint density at radius 3 is 2.50 bits per heavy atom. The Morgan fingerprint density at radius 1 is 1.25 bits per heavy atom. The molecule has 2 rings (SSSR count). The minimum Gasteiger partial charge on any atom is -0.354 e. The van der Waals surface area contributed by atoms with E-state index in [9.17, 15) is 9.59 Å². The molecule has 2 aromatic heterocycles. The first-order valence-electron chi connectivity index (χ1n) is 6.34. The molecular formula is C15H17N3O2. The molecule has 5 heteroatoms. The molecule has 0 saturated heterocycles. The Labute approximate surface area is 117 Å². The molecule has 5 nitrogen and oxygen atoms in total. The van der Waals surface area contributed by atoms with E-state index in [1.54, 1.807) is 26.2 Å². The summed E-state index contributed by atoms with van der Waals surface area (Å²) in [7, 11) is 0. The Bertz CT molecular complexity index is 686. The Hall–Kier alpha value is -2.43. The Morgan fingerprint density at radius 2 is 1.95 bits per heavy atom. The van der Waals surface area contributed by atoms with Gasteiger partial charge in [-0.05, 0) is 44.9 Å². The van der Waals surface area contributed by atoms with Crippen LogP contribution in [0.3, 0.4) is 0 Å². The second-order valence-corrected chi connectivity index (χ2v) is 4.83. The largest absolute Gasteiger partial charge is 0.354 e. The predicted molar refractivity (Wildman–Crippen MR) is 77.2 cm³/mol. The highest BCUT2D eigenvalue weighted by atomic mass is 16.2.